The minimum atomic E-state index is -1.83. The van der Waals surface area contributed by atoms with Gasteiger partial charge < -0.3 is 17.0 Å². The van der Waals surface area contributed by atoms with Gasteiger partial charge in [-0.3, -0.25) is 0 Å². The van der Waals surface area contributed by atoms with E-state index in [0.717, 1.165) is 24.0 Å². The van der Waals surface area contributed by atoms with Gasteiger partial charge in [-0.2, -0.15) is 0 Å². The molecule has 2 amide bonds. The quantitative estimate of drug-likeness (QED) is 0.431. The number of nitrogens with zero attached hydrogens (tertiary/aromatic N) is 2. The molecule has 2 aromatic rings. The largest absolute Gasteiger partial charge is 1.00 e. The maximum Gasteiger partial charge on any atom is -1.00 e. The van der Waals surface area contributed by atoms with Crippen molar-refractivity contribution >= 4 is 11.8 Å². The molecule has 0 heterocycles. The fourth-order valence-corrected chi connectivity index (χ4v) is 6.73. The van der Waals surface area contributed by atoms with Crippen LogP contribution in [0.2, 0.25) is 0 Å². The molecule has 2 aromatic carbocycles. The van der Waals surface area contributed by atoms with Crippen molar-refractivity contribution in [3.63, 3.8) is 0 Å². The number of amides is 2. The van der Waals surface area contributed by atoms with E-state index in [0.29, 0.717) is 25.9 Å². The Balaban J connectivity index is 0.00000392. The molecule has 0 bridgehead atoms. The van der Waals surface area contributed by atoms with E-state index in [2.05, 4.69) is 0 Å². The van der Waals surface area contributed by atoms with Crippen LogP contribution in [0.15, 0.2) is 60.7 Å². The van der Waals surface area contributed by atoms with Gasteiger partial charge in [0.15, 0.2) is 0 Å². The average molecular weight is 577 g/mol. The van der Waals surface area contributed by atoms with Crippen molar-refractivity contribution in [2.45, 2.75) is 52.6 Å². The van der Waals surface area contributed by atoms with Gasteiger partial charge in [-0.25, -0.2) is 0 Å². The van der Waals surface area contributed by atoms with Gasteiger partial charge in [-0.1, -0.05) is 0 Å². The van der Waals surface area contributed by atoms with Crippen LogP contribution in [0.25, 0.3) is 0 Å². The Morgan fingerprint density at radius 3 is 1.39 bits per heavy atom. The van der Waals surface area contributed by atoms with Crippen molar-refractivity contribution < 1.29 is 64.1 Å². The molecule has 0 aromatic heterocycles. The molecule has 0 aliphatic rings. The van der Waals surface area contributed by atoms with Crippen LogP contribution in [-0.4, -0.2) is 13.8 Å². The van der Waals surface area contributed by atoms with E-state index in [1.807, 2.05) is 76.5 Å². The molecule has 0 aliphatic carbocycles. The molecule has 0 spiro atoms. The van der Waals surface area contributed by atoms with Gasteiger partial charge in [0.1, 0.15) is 0 Å². The van der Waals surface area contributed by atoms with Gasteiger partial charge in [0.05, 0.1) is 0 Å². The summed E-state index contributed by atoms with van der Waals surface area (Å²) in [5.41, 5.74) is 2.24. The molecule has 0 unspecified atom stereocenters. The summed E-state index contributed by atoms with van der Waals surface area (Å²) in [6.45, 7) is 5.26. The van der Waals surface area contributed by atoms with Crippen LogP contribution in [-0.2, 0) is 22.7 Å². The summed E-state index contributed by atoms with van der Waals surface area (Å²) in [7, 11) is 0. The van der Waals surface area contributed by atoms with Gasteiger partial charge in [0.25, 0.3) is 0 Å². The topological polar surface area (TPSA) is 40.6 Å². The first-order valence-electron chi connectivity index (χ1n) is 9.58. The predicted octanol–water partition coefficient (Wildman–Crippen LogP) is 1.56. The summed E-state index contributed by atoms with van der Waals surface area (Å²) in [5, 5.41) is 0. The number of carbonyl (C=O) groups excluding carboxylic acids is 2. The maximum atomic E-state index is 12.8. The smallest absolute Gasteiger partial charge is 1.00 e. The molecule has 0 atom stereocenters. The Labute approximate surface area is 200 Å². The van der Waals surface area contributed by atoms with Crippen LogP contribution in [0.3, 0.4) is 0 Å². The number of halogens is 1. The third-order valence-electron chi connectivity index (χ3n) is 4.14. The Kier molecular flexibility index (Phi) is 12.8. The number of hydrogen-bond acceptors (Lipinski definition) is 2. The number of rotatable bonds is 10. The second-order valence-electron chi connectivity index (χ2n) is 6.53. The van der Waals surface area contributed by atoms with Gasteiger partial charge in [0, 0.05) is 0 Å². The summed E-state index contributed by atoms with van der Waals surface area (Å²) < 4.78 is 3.99. The Bertz CT molecular complexity index is 651. The summed E-state index contributed by atoms with van der Waals surface area (Å²) in [4.78, 5) is 25.5. The number of benzene rings is 2. The van der Waals surface area contributed by atoms with Gasteiger partial charge in [0.2, 0.25) is 0 Å². The molecule has 0 radical (unpaired) electrons. The van der Waals surface area contributed by atoms with Crippen LogP contribution >= 0.6 is 0 Å². The van der Waals surface area contributed by atoms with E-state index in [1.54, 1.807) is 0 Å². The fourth-order valence-electron chi connectivity index (χ4n) is 2.73. The van der Waals surface area contributed by atoms with Crippen LogP contribution in [0.1, 0.15) is 50.7 Å². The molecule has 0 aliphatic heterocycles. The minimum absolute atomic E-state index is 0. The monoisotopic (exact) mass is 573 g/mol. The molecule has 28 heavy (non-hydrogen) atoms. The third-order valence-corrected chi connectivity index (χ3v) is 8.30. The standard InChI is InChI=1S/2C11H15NO.BrH.Nd/c2*1-2-6-11(13)12-9-10-7-4-3-5-8-10;;/h2*3-5,7-8H,2,6,9H2,1H3,(H,12,13);1H;/q;;;+3/p-3. The SMILES string of the molecule is CCCC(=O)[N](Cc1ccccc1)[Nd+][N](Cc1ccccc1)C(=O)CCC.[Br-]. The third kappa shape index (κ3) is 8.70. The molecule has 4 nitrogen and oxygen atoms in total. The summed E-state index contributed by atoms with van der Waals surface area (Å²) >= 11 is -1.83. The molecule has 0 saturated carbocycles. The van der Waals surface area contributed by atoms with Crippen LogP contribution in [0.4, 0.5) is 0 Å². The van der Waals surface area contributed by atoms with Gasteiger partial charge in [-0.05, 0) is 0 Å². The van der Waals surface area contributed by atoms with Crippen LogP contribution < -0.4 is 17.0 Å². The maximum absolute atomic E-state index is 12.8. The second-order valence-corrected chi connectivity index (χ2v) is 10.6. The van der Waals surface area contributed by atoms with E-state index in [-0.39, 0.29) is 28.8 Å². The van der Waals surface area contributed by atoms with Crippen LogP contribution in [0.5, 0.6) is 0 Å². The molecule has 0 N–H and O–H groups in total. The van der Waals surface area contributed by atoms with E-state index in [4.69, 9.17) is 0 Å². The van der Waals surface area contributed by atoms with Crippen LogP contribution in [0, 0.1) is 37.5 Å². The predicted molar refractivity (Wildman–Crippen MR) is 104 cm³/mol. The minimum Gasteiger partial charge on any atom is -1.00 e. The van der Waals surface area contributed by atoms with Crippen molar-refractivity contribution in [1.82, 2.24) is 1.97 Å². The average Bonchev–Trinajstić information content (AvgIpc) is 2.69. The van der Waals surface area contributed by atoms with Crippen molar-refractivity contribution in [3.8, 4) is 0 Å². The van der Waals surface area contributed by atoms with Crippen molar-refractivity contribution in [3.05, 3.63) is 71.8 Å². The van der Waals surface area contributed by atoms with Gasteiger partial charge in [-0.15, -0.1) is 0 Å². The van der Waals surface area contributed by atoms with Crippen molar-refractivity contribution in [1.29, 1.82) is 0 Å². The molecule has 0 fully saturated rings. The fraction of sp³-hybridized carbons (Fsp3) is 0.364. The Morgan fingerprint density at radius 1 is 0.714 bits per heavy atom. The molecular formula is C22H28BrN2NdO2. The number of hydrogen-bond donors (Lipinski definition) is 0. The Hall–Kier alpha value is -0.789. The molecule has 6 heteroatoms. The van der Waals surface area contributed by atoms with E-state index >= 15 is 0 Å². The zero-order chi connectivity index (χ0) is 19.5. The van der Waals surface area contributed by atoms with E-state index in [9.17, 15) is 9.59 Å². The Morgan fingerprint density at radius 2 is 1.07 bits per heavy atom. The summed E-state index contributed by atoms with van der Waals surface area (Å²) in [5.74, 6) is 0.346. The number of carbonyl (C=O) groups is 2. The normalized spacial score (nSPS) is 9.79. The second kappa shape index (κ2) is 14.2. The first-order chi connectivity index (χ1) is 13.1. The molecule has 0 saturated heterocycles. The molecule has 2 rings (SSSR count). The van der Waals surface area contributed by atoms with E-state index < -0.39 is 37.5 Å². The molecule has 149 valence electrons. The zero-order valence-corrected chi connectivity index (χ0v) is 21.4. The zero-order valence-electron chi connectivity index (χ0n) is 16.6. The summed E-state index contributed by atoms with van der Waals surface area (Å²) in [6, 6.07) is 20.1. The first kappa shape index (κ1) is 25.2. The van der Waals surface area contributed by atoms with Crippen molar-refractivity contribution in [2.24, 2.45) is 0 Å². The van der Waals surface area contributed by atoms with Crippen molar-refractivity contribution in [2.75, 3.05) is 0 Å². The van der Waals surface area contributed by atoms with E-state index in [1.165, 1.54) is 0 Å². The summed E-state index contributed by atoms with van der Waals surface area (Å²) in [6.07, 6.45) is 2.74. The first-order valence-corrected chi connectivity index (χ1v) is 12.5. The molecular weight excluding hydrogens is 548 g/mol. The van der Waals surface area contributed by atoms with Gasteiger partial charge >= 0.3 is 185 Å².